The predicted molar refractivity (Wildman–Crippen MR) is 69.8 cm³/mol. The monoisotopic (exact) mass is 232 g/mol. The first-order valence-corrected chi connectivity index (χ1v) is 6.27. The summed E-state index contributed by atoms with van der Waals surface area (Å²) in [7, 11) is 0. The Morgan fingerprint density at radius 2 is 2.06 bits per heavy atom. The average molecular weight is 232 g/mol. The van der Waals surface area contributed by atoms with Crippen LogP contribution in [0, 0.1) is 5.92 Å². The normalized spacial score (nSPS) is 16.5. The number of rotatable bonds is 6. The van der Waals surface area contributed by atoms with Gasteiger partial charge < -0.3 is 11.1 Å². The highest BCUT2D eigenvalue weighted by atomic mass is 16.1. The van der Waals surface area contributed by atoms with Gasteiger partial charge in [0.1, 0.15) is 0 Å². The Hall–Kier alpha value is -1.51. The van der Waals surface area contributed by atoms with Gasteiger partial charge in [0.15, 0.2) is 0 Å². The molecule has 1 saturated carbocycles. The third-order valence-electron chi connectivity index (χ3n) is 3.13. The molecular weight excluding hydrogens is 212 g/mol. The first-order chi connectivity index (χ1) is 8.13. The molecule has 0 radical (unpaired) electrons. The number of anilines is 1. The molecule has 1 aromatic rings. The van der Waals surface area contributed by atoms with Crippen LogP contribution < -0.4 is 11.1 Å². The molecule has 1 amide bonds. The molecular formula is C14H20N2O. The summed E-state index contributed by atoms with van der Waals surface area (Å²) in [6.45, 7) is 2.22. The minimum atomic E-state index is -0.284. The summed E-state index contributed by atoms with van der Waals surface area (Å²) >= 11 is 0. The van der Waals surface area contributed by atoms with E-state index in [4.69, 9.17) is 5.73 Å². The van der Waals surface area contributed by atoms with Crippen LogP contribution in [0.3, 0.4) is 0 Å². The van der Waals surface area contributed by atoms with Crippen LogP contribution in [0.1, 0.15) is 31.7 Å². The van der Waals surface area contributed by atoms with Crippen molar-refractivity contribution < 1.29 is 4.79 Å². The van der Waals surface area contributed by atoms with E-state index < -0.39 is 0 Å². The Balaban J connectivity index is 1.85. The lowest BCUT2D eigenvalue weighted by Gasteiger charge is -2.15. The van der Waals surface area contributed by atoms with Gasteiger partial charge in [0, 0.05) is 11.7 Å². The molecule has 3 N–H and O–H groups in total. The highest BCUT2D eigenvalue weighted by molar-refractivity contribution is 5.76. The van der Waals surface area contributed by atoms with E-state index >= 15 is 0 Å². The molecule has 1 fully saturated rings. The minimum absolute atomic E-state index is 0.284. The number of benzene rings is 1. The highest BCUT2D eigenvalue weighted by Crippen LogP contribution is 2.34. The molecule has 3 nitrogen and oxygen atoms in total. The van der Waals surface area contributed by atoms with Crippen molar-refractivity contribution in [3.63, 3.8) is 0 Å². The fourth-order valence-electron chi connectivity index (χ4n) is 2.12. The lowest BCUT2D eigenvalue weighted by molar-refractivity contribution is -0.117. The van der Waals surface area contributed by atoms with E-state index in [0.717, 1.165) is 17.2 Å². The van der Waals surface area contributed by atoms with Crippen molar-refractivity contribution in [1.29, 1.82) is 0 Å². The van der Waals surface area contributed by atoms with Gasteiger partial charge in [-0.25, -0.2) is 0 Å². The zero-order valence-electron chi connectivity index (χ0n) is 10.3. The van der Waals surface area contributed by atoms with Gasteiger partial charge >= 0.3 is 0 Å². The van der Waals surface area contributed by atoms with Crippen molar-refractivity contribution in [3.8, 4) is 0 Å². The molecule has 0 saturated heterocycles. The Morgan fingerprint density at radius 3 is 2.59 bits per heavy atom. The van der Waals surface area contributed by atoms with Crippen molar-refractivity contribution in [3.05, 3.63) is 29.8 Å². The quantitative estimate of drug-likeness (QED) is 0.790. The molecule has 1 aliphatic carbocycles. The SMILES string of the molecule is CC(CC1CC1)Nc1ccc(CC(N)=O)cc1. The molecule has 0 spiro atoms. The molecule has 1 aromatic carbocycles. The van der Waals surface area contributed by atoms with Crippen molar-refractivity contribution in [2.24, 2.45) is 11.7 Å². The summed E-state index contributed by atoms with van der Waals surface area (Å²) in [4.78, 5) is 10.8. The van der Waals surface area contributed by atoms with Crippen LogP contribution in [0.2, 0.25) is 0 Å². The second kappa shape index (κ2) is 5.21. The van der Waals surface area contributed by atoms with Crippen molar-refractivity contribution >= 4 is 11.6 Å². The molecule has 1 unspecified atom stereocenters. The van der Waals surface area contributed by atoms with Crippen molar-refractivity contribution in [2.75, 3.05) is 5.32 Å². The Labute approximate surface area is 102 Å². The minimum Gasteiger partial charge on any atom is -0.383 e. The summed E-state index contributed by atoms with van der Waals surface area (Å²) in [5.74, 6) is 0.652. The van der Waals surface area contributed by atoms with E-state index in [2.05, 4.69) is 12.2 Å². The van der Waals surface area contributed by atoms with E-state index in [1.165, 1.54) is 19.3 Å². The molecule has 2 rings (SSSR count). The molecule has 1 atom stereocenters. The summed E-state index contributed by atoms with van der Waals surface area (Å²) in [6, 6.07) is 8.46. The van der Waals surface area contributed by atoms with E-state index in [0.29, 0.717) is 12.5 Å². The summed E-state index contributed by atoms with van der Waals surface area (Å²) < 4.78 is 0. The highest BCUT2D eigenvalue weighted by Gasteiger charge is 2.23. The van der Waals surface area contributed by atoms with Crippen LogP contribution in [0.25, 0.3) is 0 Å². The molecule has 0 aromatic heterocycles. The largest absolute Gasteiger partial charge is 0.383 e. The molecule has 0 aliphatic heterocycles. The topological polar surface area (TPSA) is 55.1 Å². The zero-order valence-corrected chi connectivity index (χ0v) is 10.3. The van der Waals surface area contributed by atoms with Gasteiger partial charge in [-0.15, -0.1) is 0 Å². The molecule has 3 heteroatoms. The maximum Gasteiger partial charge on any atom is 0.221 e. The van der Waals surface area contributed by atoms with Crippen LogP contribution in [0.4, 0.5) is 5.69 Å². The summed E-state index contributed by atoms with van der Waals surface area (Å²) in [6.07, 6.45) is 4.36. The Morgan fingerprint density at radius 1 is 1.41 bits per heavy atom. The van der Waals surface area contributed by atoms with E-state index in [9.17, 15) is 4.79 Å². The number of hydrogen-bond acceptors (Lipinski definition) is 2. The third kappa shape index (κ3) is 4.10. The zero-order chi connectivity index (χ0) is 12.3. The first-order valence-electron chi connectivity index (χ1n) is 6.27. The smallest absolute Gasteiger partial charge is 0.221 e. The number of amides is 1. The van der Waals surface area contributed by atoms with E-state index in [1.54, 1.807) is 0 Å². The van der Waals surface area contributed by atoms with Gasteiger partial charge in [-0.3, -0.25) is 4.79 Å². The third-order valence-corrected chi connectivity index (χ3v) is 3.13. The molecule has 1 aliphatic rings. The fraction of sp³-hybridized carbons (Fsp3) is 0.500. The van der Waals surface area contributed by atoms with E-state index in [-0.39, 0.29) is 5.91 Å². The Bertz CT molecular complexity index is 382. The second-order valence-corrected chi connectivity index (χ2v) is 5.06. The van der Waals surface area contributed by atoms with Gasteiger partial charge in [-0.1, -0.05) is 25.0 Å². The maximum absolute atomic E-state index is 10.8. The molecule has 92 valence electrons. The molecule has 0 bridgehead atoms. The number of carbonyl (C=O) groups is 1. The van der Waals surface area contributed by atoms with Gasteiger partial charge in [-0.05, 0) is 37.0 Å². The maximum atomic E-state index is 10.8. The lowest BCUT2D eigenvalue weighted by Crippen LogP contribution is -2.16. The number of hydrogen-bond donors (Lipinski definition) is 2. The number of carbonyl (C=O) groups excluding carboxylic acids is 1. The van der Waals surface area contributed by atoms with Gasteiger partial charge in [-0.2, -0.15) is 0 Å². The second-order valence-electron chi connectivity index (χ2n) is 5.06. The van der Waals surface area contributed by atoms with Crippen LogP contribution in [0.5, 0.6) is 0 Å². The van der Waals surface area contributed by atoms with Gasteiger partial charge in [0.25, 0.3) is 0 Å². The van der Waals surface area contributed by atoms with Crippen molar-refractivity contribution in [1.82, 2.24) is 0 Å². The van der Waals surface area contributed by atoms with E-state index in [1.807, 2.05) is 24.3 Å². The van der Waals surface area contributed by atoms with Crippen molar-refractivity contribution in [2.45, 2.75) is 38.6 Å². The lowest BCUT2D eigenvalue weighted by atomic mass is 10.1. The molecule has 17 heavy (non-hydrogen) atoms. The number of primary amides is 1. The average Bonchev–Trinajstić information content (AvgIpc) is 3.04. The number of nitrogens with one attached hydrogen (secondary N) is 1. The van der Waals surface area contributed by atoms with Crippen LogP contribution in [-0.2, 0) is 11.2 Å². The predicted octanol–water partition coefficient (Wildman–Crippen LogP) is 2.31. The van der Waals surface area contributed by atoms with Crippen LogP contribution in [-0.4, -0.2) is 11.9 Å². The Kier molecular flexibility index (Phi) is 3.67. The standard InChI is InChI=1S/C14H20N2O/c1-10(8-11-2-3-11)16-13-6-4-12(5-7-13)9-14(15)17/h4-7,10-11,16H,2-3,8-9H2,1H3,(H2,15,17). The van der Waals surface area contributed by atoms with Gasteiger partial charge in [0.05, 0.1) is 6.42 Å². The van der Waals surface area contributed by atoms with Gasteiger partial charge in [0.2, 0.25) is 5.91 Å². The first kappa shape index (κ1) is 12.0. The fourth-order valence-corrected chi connectivity index (χ4v) is 2.12. The van der Waals surface area contributed by atoms with Crippen LogP contribution in [0.15, 0.2) is 24.3 Å². The van der Waals surface area contributed by atoms with Crippen LogP contribution >= 0.6 is 0 Å². The number of nitrogens with two attached hydrogens (primary N) is 1. The summed E-state index contributed by atoms with van der Waals surface area (Å²) in [5, 5.41) is 3.48. The summed E-state index contributed by atoms with van der Waals surface area (Å²) in [5.41, 5.74) is 7.24. The molecule has 0 heterocycles.